The Morgan fingerprint density at radius 3 is 2.60 bits per heavy atom. The standard InChI is InChI=1S/C24H27FN4O/c25-21-6-7-22-23(16-21)30-26-24(22)20-8-10-27(11-9-20)12-13-28-14-15-29(18-28)17-19-4-2-1-3-5-19/h1-7,14-16,20H,8-13,17-18H2. The number of likely N-dealkylation sites (tertiary alicyclic amines) is 1. The molecule has 5 rings (SSSR count). The predicted molar refractivity (Wildman–Crippen MR) is 115 cm³/mol. The number of halogens is 1. The molecule has 0 atom stereocenters. The summed E-state index contributed by atoms with van der Waals surface area (Å²) < 4.78 is 18.7. The number of nitrogens with zero attached hydrogens (tertiary/aromatic N) is 4. The third-order valence-corrected chi connectivity index (χ3v) is 6.22. The number of aromatic nitrogens is 1. The summed E-state index contributed by atoms with van der Waals surface area (Å²) in [5.41, 5.74) is 2.88. The molecule has 2 aromatic carbocycles. The zero-order chi connectivity index (χ0) is 20.3. The highest BCUT2D eigenvalue weighted by atomic mass is 19.1. The Kier molecular flexibility index (Phi) is 5.41. The number of rotatable bonds is 6. The van der Waals surface area contributed by atoms with Gasteiger partial charge in [-0.2, -0.15) is 0 Å². The van der Waals surface area contributed by atoms with E-state index in [1.165, 1.54) is 17.7 Å². The van der Waals surface area contributed by atoms with Crippen LogP contribution in [-0.4, -0.2) is 52.7 Å². The van der Waals surface area contributed by atoms with Gasteiger partial charge in [0.15, 0.2) is 5.58 Å². The molecule has 156 valence electrons. The van der Waals surface area contributed by atoms with E-state index in [2.05, 4.69) is 62.6 Å². The lowest BCUT2D eigenvalue weighted by Crippen LogP contribution is -2.38. The van der Waals surface area contributed by atoms with E-state index in [4.69, 9.17) is 4.52 Å². The van der Waals surface area contributed by atoms with Gasteiger partial charge >= 0.3 is 0 Å². The smallest absolute Gasteiger partial charge is 0.170 e. The van der Waals surface area contributed by atoms with Crippen LogP contribution in [-0.2, 0) is 6.54 Å². The molecule has 0 saturated carbocycles. The lowest BCUT2D eigenvalue weighted by molar-refractivity contribution is 0.177. The fourth-order valence-electron chi connectivity index (χ4n) is 4.51. The van der Waals surface area contributed by atoms with Crippen LogP contribution >= 0.6 is 0 Å². The highest BCUT2D eigenvalue weighted by molar-refractivity contribution is 5.79. The second-order valence-electron chi connectivity index (χ2n) is 8.31. The molecule has 5 nitrogen and oxygen atoms in total. The number of hydrogen-bond donors (Lipinski definition) is 0. The number of piperidine rings is 1. The highest BCUT2D eigenvalue weighted by Crippen LogP contribution is 2.32. The molecule has 1 saturated heterocycles. The summed E-state index contributed by atoms with van der Waals surface area (Å²) in [4.78, 5) is 7.26. The first-order valence-corrected chi connectivity index (χ1v) is 10.7. The van der Waals surface area contributed by atoms with Crippen molar-refractivity contribution in [2.24, 2.45) is 0 Å². The zero-order valence-corrected chi connectivity index (χ0v) is 17.1. The van der Waals surface area contributed by atoms with Gasteiger partial charge in [-0.3, -0.25) is 0 Å². The summed E-state index contributed by atoms with van der Waals surface area (Å²) in [6.07, 6.45) is 6.53. The van der Waals surface area contributed by atoms with Crippen molar-refractivity contribution in [1.82, 2.24) is 19.9 Å². The van der Waals surface area contributed by atoms with Gasteiger partial charge in [-0.25, -0.2) is 4.39 Å². The summed E-state index contributed by atoms with van der Waals surface area (Å²) in [6, 6.07) is 15.3. The molecular formula is C24H27FN4O. The van der Waals surface area contributed by atoms with Crippen molar-refractivity contribution < 1.29 is 8.91 Å². The molecule has 0 bridgehead atoms. The van der Waals surface area contributed by atoms with Crippen LogP contribution in [0.2, 0.25) is 0 Å². The lowest BCUT2D eigenvalue weighted by Gasteiger charge is -2.32. The van der Waals surface area contributed by atoms with Crippen LogP contribution < -0.4 is 0 Å². The number of fused-ring (bicyclic) bond motifs is 1. The fourth-order valence-corrected chi connectivity index (χ4v) is 4.51. The minimum Gasteiger partial charge on any atom is -0.357 e. The summed E-state index contributed by atoms with van der Waals surface area (Å²) in [7, 11) is 0. The van der Waals surface area contributed by atoms with Crippen LogP contribution in [0.1, 0.15) is 30.0 Å². The molecule has 0 amide bonds. The van der Waals surface area contributed by atoms with Crippen molar-refractivity contribution in [3.8, 4) is 0 Å². The summed E-state index contributed by atoms with van der Waals surface area (Å²) >= 11 is 0. The second-order valence-corrected chi connectivity index (χ2v) is 8.31. The first-order chi connectivity index (χ1) is 14.7. The zero-order valence-electron chi connectivity index (χ0n) is 17.1. The fraction of sp³-hybridized carbons (Fsp3) is 0.375. The van der Waals surface area contributed by atoms with Crippen molar-refractivity contribution in [1.29, 1.82) is 0 Å². The maximum atomic E-state index is 13.4. The van der Waals surface area contributed by atoms with E-state index in [1.54, 1.807) is 6.07 Å². The number of hydrogen-bond acceptors (Lipinski definition) is 5. The third kappa shape index (κ3) is 4.19. The van der Waals surface area contributed by atoms with E-state index in [-0.39, 0.29) is 5.82 Å². The maximum Gasteiger partial charge on any atom is 0.170 e. The lowest BCUT2D eigenvalue weighted by atomic mass is 9.91. The molecule has 6 heteroatoms. The van der Waals surface area contributed by atoms with Crippen LogP contribution in [0.4, 0.5) is 4.39 Å². The van der Waals surface area contributed by atoms with Crippen molar-refractivity contribution in [2.45, 2.75) is 25.3 Å². The van der Waals surface area contributed by atoms with Gasteiger partial charge in [-0.05, 0) is 43.6 Å². The topological polar surface area (TPSA) is 35.8 Å². The third-order valence-electron chi connectivity index (χ3n) is 6.22. The molecular weight excluding hydrogens is 379 g/mol. The molecule has 0 radical (unpaired) electrons. The molecule has 1 fully saturated rings. The Bertz CT molecular complexity index is 1010. The normalized spacial score (nSPS) is 18.0. The second kappa shape index (κ2) is 8.48. The Balaban J connectivity index is 1.08. The van der Waals surface area contributed by atoms with Crippen LogP contribution in [0.3, 0.4) is 0 Å². The van der Waals surface area contributed by atoms with E-state index in [0.717, 1.165) is 63.3 Å². The molecule has 0 N–H and O–H groups in total. The molecule has 1 aromatic heterocycles. The van der Waals surface area contributed by atoms with Gasteiger partial charge in [-0.15, -0.1) is 0 Å². The molecule has 0 unspecified atom stereocenters. The maximum absolute atomic E-state index is 13.4. The average molecular weight is 407 g/mol. The molecule has 2 aliphatic rings. The summed E-state index contributed by atoms with van der Waals surface area (Å²) in [5, 5.41) is 5.21. The largest absolute Gasteiger partial charge is 0.357 e. The SMILES string of the molecule is Fc1ccc2c(C3CCN(CCN4C=CN(Cc5ccccc5)C4)CC3)noc2c1. The van der Waals surface area contributed by atoms with Crippen LogP contribution in [0.25, 0.3) is 11.0 Å². The quantitative estimate of drug-likeness (QED) is 0.607. The predicted octanol–water partition coefficient (Wildman–Crippen LogP) is 4.39. The van der Waals surface area contributed by atoms with Gasteiger partial charge in [-0.1, -0.05) is 35.5 Å². The molecule has 3 heterocycles. The first kappa shape index (κ1) is 19.1. The molecule has 0 spiro atoms. The van der Waals surface area contributed by atoms with E-state index in [0.29, 0.717) is 11.5 Å². The highest BCUT2D eigenvalue weighted by Gasteiger charge is 2.25. The Morgan fingerprint density at radius 1 is 0.967 bits per heavy atom. The van der Waals surface area contributed by atoms with Gasteiger partial charge in [0.05, 0.1) is 12.4 Å². The van der Waals surface area contributed by atoms with E-state index < -0.39 is 0 Å². The molecule has 30 heavy (non-hydrogen) atoms. The van der Waals surface area contributed by atoms with Crippen molar-refractivity contribution >= 4 is 11.0 Å². The van der Waals surface area contributed by atoms with Crippen molar-refractivity contribution in [3.63, 3.8) is 0 Å². The Labute approximate surface area is 176 Å². The summed E-state index contributed by atoms with van der Waals surface area (Å²) in [5.74, 6) is 0.110. The van der Waals surface area contributed by atoms with Crippen molar-refractivity contribution in [3.05, 3.63) is 78.0 Å². The van der Waals surface area contributed by atoms with E-state index in [9.17, 15) is 4.39 Å². The van der Waals surface area contributed by atoms with E-state index in [1.807, 2.05) is 0 Å². The number of benzene rings is 2. The molecule has 2 aliphatic heterocycles. The van der Waals surface area contributed by atoms with Crippen LogP contribution in [0, 0.1) is 5.82 Å². The Morgan fingerprint density at radius 2 is 1.77 bits per heavy atom. The van der Waals surface area contributed by atoms with Crippen LogP contribution in [0.15, 0.2) is 65.5 Å². The van der Waals surface area contributed by atoms with Gasteiger partial charge in [0, 0.05) is 49.4 Å². The van der Waals surface area contributed by atoms with E-state index >= 15 is 0 Å². The van der Waals surface area contributed by atoms with Crippen molar-refractivity contribution in [2.75, 3.05) is 32.8 Å². The minimum absolute atomic E-state index is 0.279. The molecule has 0 aliphatic carbocycles. The van der Waals surface area contributed by atoms with Gasteiger partial charge < -0.3 is 19.2 Å². The van der Waals surface area contributed by atoms with Crippen LogP contribution in [0.5, 0.6) is 0 Å². The first-order valence-electron chi connectivity index (χ1n) is 10.7. The monoisotopic (exact) mass is 406 g/mol. The Hall–Kier alpha value is -2.86. The summed E-state index contributed by atoms with van der Waals surface area (Å²) in [6.45, 7) is 6.14. The van der Waals surface area contributed by atoms with Gasteiger partial charge in [0.25, 0.3) is 0 Å². The van der Waals surface area contributed by atoms with Gasteiger partial charge in [0.2, 0.25) is 0 Å². The van der Waals surface area contributed by atoms with Gasteiger partial charge in [0.1, 0.15) is 5.82 Å². The average Bonchev–Trinajstić information content (AvgIpc) is 3.40. The molecule has 3 aromatic rings. The minimum atomic E-state index is -0.279.